The molecule has 3 N–H and O–H groups in total. The number of allylic oxidation sites excluding steroid dienone is 1. The van der Waals surface area contributed by atoms with Crippen LogP contribution in [0.2, 0.25) is 0 Å². The van der Waals surface area contributed by atoms with Gasteiger partial charge in [0.25, 0.3) is 5.91 Å². The molecule has 0 spiro atoms. The summed E-state index contributed by atoms with van der Waals surface area (Å²) in [6.07, 6.45) is -2.57. The fraction of sp³-hybridized carbons (Fsp3) is 0.105. The Bertz CT molecular complexity index is 1060. The van der Waals surface area contributed by atoms with E-state index in [0.29, 0.717) is 11.6 Å². The van der Waals surface area contributed by atoms with Crippen LogP contribution in [0.15, 0.2) is 59.9 Å². The van der Waals surface area contributed by atoms with Gasteiger partial charge in [-0.05, 0) is 29.6 Å². The minimum atomic E-state index is -4.79. The normalized spacial score (nSPS) is 12.1. The second-order valence-corrected chi connectivity index (χ2v) is 6.73. The van der Waals surface area contributed by atoms with E-state index in [4.69, 9.17) is 5.41 Å². The third-order valence-corrected chi connectivity index (χ3v) is 4.78. The average Bonchev–Trinajstić information content (AvgIpc) is 3.20. The summed E-state index contributed by atoms with van der Waals surface area (Å²) >= 11 is 1.59. The first kappa shape index (κ1) is 19.6. The highest BCUT2D eigenvalue weighted by atomic mass is 32.1. The molecule has 2 heterocycles. The van der Waals surface area contributed by atoms with Crippen molar-refractivity contribution in [3.63, 3.8) is 0 Å². The predicted octanol–water partition coefficient (Wildman–Crippen LogP) is 4.34. The number of halogens is 3. The number of carbonyl (C=O) groups excluding carboxylic acids is 1. The van der Waals surface area contributed by atoms with Crippen molar-refractivity contribution in [2.45, 2.75) is 6.18 Å². The molecule has 0 saturated heterocycles. The number of fused-ring (bicyclic) bond motifs is 1. The summed E-state index contributed by atoms with van der Waals surface area (Å²) in [5.41, 5.74) is 0.221. The molecular weight excluding hydrogens is 389 g/mol. The number of pyridine rings is 1. The predicted molar refractivity (Wildman–Crippen MR) is 103 cm³/mol. The third kappa shape index (κ3) is 4.37. The first-order chi connectivity index (χ1) is 13.3. The molecule has 2 aromatic heterocycles. The van der Waals surface area contributed by atoms with Gasteiger partial charge in [0, 0.05) is 40.7 Å². The van der Waals surface area contributed by atoms with Crippen LogP contribution in [0.3, 0.4) is 0 Å². The van der Waals surface area contributed by atoms with Crippen LogP contribution in [0.25, 0.3) is 21.3 Å². The summed E-state index contributed by atoms with van der Waals surface area (Å²) in [5.74, 6) is -0.838. The van der Waals surface area contributed by atoms with E-state index in [9.17, 15) is 18.0 Å². The maximum absolute atomic E-state index is 12.5. The van der Waals surface area contributed by atoms with Gasteiger partial charge in [0.15, 0.2) is 0 Å². The number of nitrogens with zero attached hydrogens (tertiary/aromatic N) is 1. The fourth-order valence-electron chi connectivity index (χ4n) is 2.43. The number of nitrogens with one attached hydrogen (secondary N) is 3. The van der Waals surface area contributed by atoms with Gasteiger partial charge in [-0.25, -0.2) is 0 Å². The van der Waals surface area contributed by atoms with E-state index in [-0.39, 0.29) is 11.4 Å². The van der Waals surface area contributed by atoms with Gasteiger partial charge in [-0.15, -0.1) is 11.3 Å². The number of aromatic nitrogens is 1. The number of thiophene rings is 1. The van der Waals surface area contributed by atoms with Crippen LogP contribution < -0.4 is 10.6 Å². The van der Waals surface area contributed by atoms with Crippen LogP contribution in [0, 0.1) is 5.41 Å². The van der Waals surface area contributed by atoms with Gasteiger partial charge in [-0.3, -0.25) is 15.2 Å². The monoisotopic (exact) mass is 404 g/mol. The molecule has 3 rings (SSSR count). The molecule has 0 radical (unpaired) electrons. The number of carbonyl (C=O) groups is 1. The number of benzene rings is 1. The van der Waals surface area contributed by atoms with Crippen molar-refractivity contribution in [2.75, 3.05) is 7.05 Å². The van der Waals surface area contributed by atoms with Gasteiger partial charge in [-0.1, -0.05) is 12.1 Å². The highest BCUT2D eigenvalue weighted by Gasteiger charge is 2.33. The van der Waals surface area contributed by atoms with Crippen LogP contribution >= 0.6 is 11.3 Å². The van der Waals surface area contributed by atoms with Crippen LogP contribution in [0.5, 0.6) is 0 Å². The van der Waals surface area contributed by atoms with Crippen molar-refractivity contribution in [1.82, 2.24) is 15.6 Å². The van der Waals surface area contributed by atoms with Gasteiger partial charge in [-0.2, -0.15) is 13.2 Å². The van der Waals surface area contributed by atoms with E-state index >= 15 is 0 Å². The lowest BCUT2D eigenvalue weighted by atomic mass is 10.1. The number of amides is 1. The molecule has 5 nitrogen and oxygen atoms in total. The molecule has 0 saturated carbocycles. The van der Waals surface area contributed by atoms with Crippen LogP contribution in [-0.2, 0) is 0 Å². The molecule has 0 aliphatic carbocycles. The maximum atomic E-state index is 12.5. The Morgan fingerprint density at radius 3 is 2.68 bits per heavy atom. The molecule has 28 heavy (non-hydrogen) atoms. The summed E-state index contributed by atoms with van der Waals surface area (Å²) < 4.78 is 37.5. The highest BCUT2D eigenvalue weighted by molar-refractivity contribution is 7.13. The van der Waals surface area contributed by atoms with Crippen molar-refractivity contribution in [3.05, 3.63) is 65.4 Å². The molecule has 0 aliphatic rings. The largest absolute Gasteiger partial charge is 0.432 e. The van der Waals surface area contributed by atoms with Gasteiger partial charge in [0.1, 0.15) is 11.5 Å². The smallest absolute Gasteiger partial charge is 0.375 e. The zero-order chi connectivity index (χ0) is 20.3. The SMILES string of the molecule is CN/C(=C\C(=N)C(F)(F)F)NC(=O)c1ccc2cc(-c3cccs3)cnc2c1. The maximum Gasteiger partial charge on any atom is 0.432 e. The van der Waals surface area contributed by atoms with Gasteiger partial charge < -0.3 is 10.6 Å². The Morgan fingerprint density at radius 1 is 1.25 bits per heavy atom. The average molecular weight is 404 g/mol. The first-order valence-electron chi connectivity index (χ1n) is 8.08. The molecular formula is C19H15F3N4OS. The summed E-state index contributed by atoms with van der Waals surface area (Å²) in [6.45, 7) is 0. The van der Waals surface area contributed by atoms with Gasteiger partial charge in [0.2, 0.25) is 0 Å². The molecule has 0 aliphatic heterocycles. The molecule has 1 aromatic carbocycles. The molecule has 0 bridgehead atoms. The molecule has 9 heteroatoms. The Balaban J connectivity index is 1.82. The molecule has 144 valence electrons. The zero-order valence-electron chi connectivity index (χ0n) is 14.6. The quantitative estimate of drug-likeness (QED) is 0.554. The lowest BCUT2D eigenvalue weighted by molar-refractivity contribution is -0.0584. The van der Waals surface area contributed by atoms with Crippen LogP contribution in [-0.4, -0.2) is 29.8 Å². The first-order valence-corrected chi connectivity index (χ1v) is 8.96. The zero-order valence-corrected chi connectivity index (χ0v) is 15.4. The molecule has 3 aromatic rings. The number of rotatable bonds is 5. The van der Waals surface area contributed by atoms with Crippen molar-refractivity contribution < 1.29 is 18.0 Å². The van der Waals surface area contributed by atoms with Crippen molar-refractivity contribution >= 4 is 33.9 Å². The fourth-order valence-corrected chi connectivity index (χ4v) is 3.14. The van der Waals surface area contributed by atoms with Crippen molar-refractivity contribution in [1.29, 1.82) is 5.41 Å². The number of hydrogen-bond acceptors (Lipinski definition) is 5. The Morgan fingerprint density at radius 2 is 2.04 bits per heavy atom. The van der Waals surface area contributed by atoms with E-state index in [2.05, 4.69) is 15.6 Å². The Kier molecular flexibility index (Phi) is 5.46. The van der Waals surface area contributed by atoms with E-state index in [0.717, 1.165) is 15.8 Å². The van der Waals surface area contributed by atoms with Gasteiger partial charge >= 0.3 is 6.18 Å². The highest BCUT2D eigenvalue weighted by Crippen LogP contribution is 2.27. The van der Waals surface area contributed by atoms with E-state index in [1.807, 2.05) is 23.6 Å². The topological polar surface area (TPSA) is 77.9 Å². The summed E-state index contributed by atoms with van der Waals surface area (Å²) in [6, 6.07) is 10.8. The minimum absolute atomic E-state index is 0.228. The lowest BCUT2D eigenvalue weighted by Gasteiger charge is -2.11. The summed E-state index contributed by atoms with van der Waals surface area (Å²) in [7, 11) is 1.35. The summed E-state index contributed by atoms with van der Waals surface area (Å²) in [5, 5.41) is 14.6. The molecule has 0 atom stereocenters. The number of hydrogen-bond donors (Lipinski definition) is 3. The molecule has 0 unspecified atom stereocenters. The van der Waals surface area contributed by atoms with Crippen LogP contribution in [0.1, 0.15) is 10.4 Å². The standard InChI is InChI=1S/C19H15F3N4OS/c1-24-17(9-16(23)19(20,21)22)26-18(27)12-5-4-11-7-13(10-25-14(11)8-12)15-3-2-6-28-15/h2-10,23-24H,1H3,(H,26,27)/b17-9+,23-16?. The minimum Gasteiger partial charge on any atom is -0.375 e. The summed E-state index contributed by atoms with van der Waals surface area (Å²) in [4.78, 5) is 17.8. The van der Waals surface area contributed by atoms with E-state index in [1.165, 1.54) is 7.05 Å². The molecule has 1 amide bonds. The molecule has 0 fully saturated rings. The van der Waals surface area contributed by atoms with E-state index in [1.54, 1.807) is 35.7 Å². The Labute approximate surface area is 162 Å². The van der Waals surface area contributed by atoms with Crippen molar-refractivity contribution in [3.8, 4) is 10.4 Å². The lowest BCUT2D eigenvalue weighted by Crippen LogP contribution is -2.32. The van der Waals surface area contributed by atoms with Crippen molar-refractivity contribution in [2.24, 2.45) is 0 Å². The van der Waals surface area contributed by atoms with Crippen LogP contribution in [0.4, 0.5) is 13.2 Å². The number of alkyl halides is 3. The Hall–Kier alpha value is -3.20. The second-order valence-electron chi connectivity index (χ2n) is 5.78. The third-order valence-electron chi connectivity index (χ3n) is 3.86. The van der Waals surface area contributed by atoms with Gasteiger partial charge in [0.05, 0.1) is 5.52 Å². The second kappa shape index (κ2) is 7.81. The van der Waals surface area contributed by atoms with E-state index < -0.39 is 17.8 Å².